The van der Waals surface area contributed by atoms with Crippen molar-refractivity contribution < 1.29 is 9.90 Å². The van der Waals surface area contributed by atoms with Crippen LogP contribution in [-0.2, 0) is 4.79 Å². The van der Waals surface area contributed by atoms with Crippen molar-refractivity contribution in [2.24, 2.45) is 5.22 Å². The van der Waals surface area contributed by atoms with E-state index >= 15 is 0 Å². The lowest BCUT2D eigenvalue weighted by molar-refractivity contribution is -0.123. The van der Waals surface area contributed by atoms with Crippen molar-refractivity contribution in [3.05, 3.63) is 0 Å². The van der Waals surface area contributed by atoms with Crippen LogP contribution in [0.25, 0.3) is 0 Å². The van der Waals surface area contributed by atoms with Crippen LogP contribution in [0.5, 0.6) is 0 Å². The molecule has 0 fully saturated rings. The first-order valence-corrected chi connectivity index (χ1v) is 2.66. The fourth-order valence-corrected chi connectivity index (χ4v) is 0.387. The molecule has 0 aliphatic rings. The zero-order valence-electron chi connectivity index (χ0n) is 5.66. The minimum atomic E-state index is -0.384. The summed E-state index contributed by atoms with van der Waals surface area (Å²) >= 11 is 0. The Labute approximate surface area is 58.3 Å². The summed E-state index contributed by atoms with van der Waals surface area (Å²) in [5.41, 5.74) is 6.44. The third-order valence-electron chi connectivity index (χ3n) is 0.819. The molecule has 0 rings (SSSR count). The molecule has 0 atom stereocenters. The number of amides is 1. The van der Waals surface area contributed by atoms with Gasteiger partial charge in [-0.15, -0.1) is 0 Å². The van der Waals surface area contributed by atoms with E-state index in [-0.39, 0.29) is 19.2 Å². The normalized spacial score (nSPS) is 8.60. The number of carbonyl (C=O) groups excluding carboxylic acids is 1. The minimum Gasteiger partial charge on any atom is -0.376 e. The molecule has 1 amide bonds. The number of likely N-dealkylation sites (N-methyl/N-ethyl adjacent to an activating group) is 1. The lowest BCUT2D eigenvalue weighted by Gasteiger charge is -2.08. The summed E-state index contributed by atoms with van der Waals surface area (Å²) in [5, 5.41) is 14.4. The molecular formula is C4H10N4O2. The van der Waals surface area contributed by atoms with E-state index in [0.717, 1.165) is 5.01 Å². The Morgan fingerprint density at radius 3 is 2.90 bits per heavy atom. The predicted octanol–water partition coefficient (Wildman–Crippen LogP) is -1.07. The van der Waals surface area contributed by atoms with Crippen molar-refractivity contribution in [1.82, 2.24) is 10.3 Å². The van der Waals surface area contributed by atoms with E-state index in [1.54, 1.807) is 0 Å². The SMILES string of the molecule is CN(CC(=O)NCO)N=N. The predicted molar refractivity (Wildman–Crippen MR) is 33.0 cm³/mol. The molecule has 0 radical (unpaired) electrons. The van der Waals surface area contributed by atoms with Crippen LogP contribution in [0.3, 0.4) is 0 Å². The molecule has 58 valence electrons. The number of nitrogens with one attached hydrogen (secondary N) is 2. The third-order valence-corrected chi connectivity index (χ3v) is 0.819. The van der Waals surface area contributed by atoms with Gasteiger partial charge in [-0.3, -0.25) is 9.80 Å². The molecule has 0 unspecified atom stereocenters. The number of aliphatic hydroxyl groups is 1. The van der Waals surface area contributed by atoms with Crippen LogP contribution in [0.4, 0.5) is 0 Å². The first-order chi connectivity index (χ1) is 4.70. The topological polar surface area (TPSA) is 88.8 Å². The van der Waals surface area contributed by atoms with Crippen molar-refractivity contribution in [3.63, 3.8) is 0 Å². The summed E-state index contributed by atoms with van der Waals surface area (Å²) in [4.78, 5) is 10.6. The molecule has 10 heavy (non-hydrogen) atoms. The summed E-state index contributed by atoms with van der Waals surface area (Å²) in [7, 11) is 1.49. The van der Waals surface area contributed by atoms with Crippen LogP contribution in [0.1, 0.15) is 0 Å². The highest BCUT2D eigenvalue weighted by Crippen LogP contribution is 1.79. The Kier molecular flexibility index (Phi) is 4.14. The zero-order valence-corrected chi connectivity index (χ0v) is 5.66. The maximum atomic E-state index is 10.6. The van der Waals surface area contributed by atoms with Crippen LogP contribution in [-0.4, -0.2) is 36.3 Å². The Hall–Kier alpha value is -1.17. The van der Waals surface area contributed by atoms with Gasteiger partial charge >= 0.3 is 0 Å². The lowest BCUT2D eigenvalue weighted by atomic mass is 10.6. The smallest absolute Gasteiger partial charge is 0.243 e. The number of nitrogens with zero attached hydrogens (tertiary/aromatic N) is 2. The van der Waals surface area contributed by atoms with Crippen molar-refractivity contribution in [1.29, 1.82) is 5.53 Å². The second-order valence-corrected chi connectivity index (χ2v) is 1.67. The number of hydrogen-bond acceptors (Lipinski definition) is 4. The Bertz CT molecular complexity index is 126. The fourth-order valence-electron chi connectivity index (χ4n) is 0.387. The minimum absolute atomic E-state index is 0.00986. The average molecular weight is 146 g/mol. The molecule has 0 aromatic carbocycles. The molecule has 0 aliphatic heterocycles. The summed E-state index contributed by atoms with van der Waals surface area (Å²) in [5.74, 6) is -0.360. The van der Waals surface area contributed by atoms with E-state index in [2.05, 4.69) is 10.5 Å². The number of hydrogen-bond donors (Lipinski definition) is 3. The van der Waals surface area contributed by atoms with E-state index in [0.29, 0.717) is 0 Å². The van der Waals surface area contributed by atoms with E-state index in [1.165, 1.54) is 7.05 Å². The maximum Gasteiger partial charge on any atom is 0.243 e. The van der Waals surface area contributed by atoms with Crippen molar-refractivity contribution >= 4 is 5.91 Å². The molecular weight excluding hydrogens is 136 g/mol. The molecule has 0 bridgehead atoms. The highest BCUT2D eigenvalue weighted by atomic mass is 16.3. The second kappa shape index (κ2) is 4.68. The Morgan fingerprint density at radius 2 is 2.50 bits per heavy atom. The third kappa shape index (κ3) is 3.79. The summed E-state index contributed by atoms with van der Waals surface area (Å²) in [6.45, 7) is -0.394. The molecule has 3 N–H and O–H groups in total. The first kappa shape index (κ1) is 8.83. The standard InChI is InChI=1S/C4H10N4O2/c1-8(7-5)2-4(10)6-3-9/h5,9H,2-3H2,1H3,(H,6,10). The van der Waals surface area contributed by atoms with E-state index in [9.17, 15) is 4.79 Å². The van der Waals surface area contributed by atoms with Gasteiger partial charge in [0, 0.05) is 7.05 Å². The van der Waals surface area contributed by atoms with Gasteiger partial charge in [-0.25, -0.2) is 0 Å². The van der Waals surface area contributed by atoms with Crippen LogP contribution in [0.2, 0.25) is 0 Å². The molecule has 0 aromatic rings. The van der Waals surface area contributed by atoms with Gasteiger partial charge in [-0.2, -0.15) is 5.53 Å². The Balaban J connectivity index is 3.46. The Morgan fingerprint density at radius 1 is 1.90 bits per heavy atom. The molecule has 0 aromatic heterocycles. The van der Waals surface area contributed by atoms with Crippen LogP contribution < -0.4 is 5.32 Å². The van der Waals surface area contributed by atoms with Gasteiger partial charge in [0.05, 0.1) is 0 Å². The van der Waals surface area contributed by atoms with Gasteiger partial charge in [0.1, 0.15) is 13.3 Å². The number of carbonyl (C=O) groups is 1. The number of aliphatic hydroxyl groups excluding tert-OH is 1. The van der Waals surface area contributed by atoms with Gasteiger partial charge in [-0.1, -0.05) is 5.22 Å². The molecule has 0 heterocycles. The molecule has 0 spiro atoms. The fraction of sp³-hybridized carbons (Fsp3) is 0.750. The summed E-state index contributed by atoms with van der Waals surface area (Å²) in [6.07, 6.45) is 0. The highest BCUT2D eigenvalue weighted by Gasteiger charge is 2.01. The van der Waals surface area contributed by atoms with Gasteiger partial charge in [0.25, 0.3) is 0 Å². The highest BCUT2D eigenvalue weighted by molar-refractivity contribution is 5.77. The second-order valence-electron chi connectivity index (χ2n) is 1.67. The van der Waals surface area contributed by atoms with Gasteiger partial charge in [0.15, 0.2) is 0 Å². The molecule has 0 saturated carbocycles. The lowest BCUT2D eigenvalue weighted by Crippen LogP contribution is -2.33. The molecule has 6 heteroatoms. The molecule has 0 aliphatic carbocycles. The van der Waals surface area contributed by atoms with Gasteiger partial charge in [-0.05, 0) is 0 Å². The van der Waals surface area contributed by atoms with Crippen molar-refractivity contribution in [2.75, 3.05) is 20.3 Å². The molecule has 6 nitrogen and oxygen atoms in total. The van der Waals surface area contributed by atoms with Crippen LogP contribution in [0, 0.1) is 5.53 Å². The summed E-state index contributed by atoms with van der Waals surface area (Å²) < 4.78 is 0. The van der Waals surface area contributed by atoms with Gasteiger partial charge in [0.2, 0.25) is 5.91 Å². The first-order valence-electron chi connectivity index (χ1n) is 2.66. The van der Waals surface area contributed by atoms with E-state index < -0.39 is 0 Å². The number of rotatable bonds is 4. The molecule has 0 saturated heterocycles. The van der Waals surface area contributed by atoms with Crippen LogP contribution >= 0.6 is 0 Å². The average Bonchev–Trinajstić information content (AvgIpc) is 1.88. The van der Waals surface area contributed by atoms with E-state index in [1.807, 2.05) is 0 Å². The van der Waals surface area contributed by atoms with Gasteiger partial charge < -0.3 is 10.4 Å². The quantitative estimate of drug-likeness (QED) is 0.268. The maximum absolute atomic E-state index is 10.6. The largest absolute Gasteiger partial charge is 0.376 e. The summed E-state index contributed by atoms with van der Waals surface area (Å²) in [6, 6.07) is 0. The monoisotopic (exact) mass is 146 g/mol. The van der Waals surface area contributed by atoms with E-state index in [4.69, 9.17) is 10.6 Å². The zero-order chi connectivity index (χ0) is 7.98. The van der Waals surface area contributed by atoms with Crippen LogP contribution in [0.15, 0.2) is 5.22 Å². The van der Waals surface area contributed by atoms with Crippen molar-refractivity contribution in [3.8, 4) is 0 Å². The van der Waals surface area contributed by atoms with Crippen molar-refractivity contribution in [2.45, 2.75) is 0 Å².